The third-order valence-corrected chi connectivity index (χ3v) is 8.54. The zero-order valence-corrected chi connectivity index (χ0v) is 29.0. The van der Waals surface area contributed by atoms with E-state index >= 15 is 0 Å². The van der Waals surface area contributed by atoms with Crippen molar-refractivity contribution in [1.82, 2.24) is 14.5 Å². The fraction of sp³-hybridized carbons (Fsp3) is 0.282. The van der Waals surface area contributed by atoms with Crippen molar-refractivity contribution in [2.45, 2.75) is 58.7 Å². The van der Waals surface area contributed by atoms with E-state index in [0.29, 0.717) is 41.8 Å². The number of fused-ring (bicyclic) bond motifs is 1. The standard InChI is InChI=1S/C39H43N7O4/c1-6-33-31(39(2,3)4)20-37(46(33)27-11-13-28(49-5)14-12-27)45-38(48)43-32-15-16-34(30-10-8-7-9-29(30)32)50-24-25-17-18-40-35(19-25)44-36-22-41-26(23-47)21-42-36/h7-16,18-22,35,47H,6,17,23-24H2,1-5H3,(H,42,44)(H2,43,45,48). The first-order valence-corrected chi connectivity index (χ1v) is 16.7. The molecule has 2 amide bonds. The van der Waals surface area contributed by atoms with Gasteiger partial charge in [-0.1, -0.05) is 52.0 Å². The summed E-state index contributed by atoms with van der Waals surface area (Å²) in [6, 6.07) is 21.2. The van der Waals surface area contributed by atoms with Crippen LogP contribution in [0.15, 0.2) is 95.8 Å². The zero-order chi connectivity index (χ0) is 35.3. The van der Waals surface area contributed by atoms with E-state index in [0.717, 1.165) is 39.9 Å². The van der Waals surface area contributed by atoms with Gasteiger partial charge in [-0.2, -0.15) is 0 Å². The molecule has 0 bridgehead atoms. The van der Waals surface area contributed by atoms with Crippen LogP contribution in [0.4, 0.5) is 22.1 Å². The van der Waals surface area contributed by atoms with Crippen LogP contribution in [0.5, 0.6) is 11.5 Å². The Hall–Kier alpha value is -5.68. The van der Waals surface area contributed by atoms with E-state index in [2.05, 4.69) is 69.2 Å². The van der Waals surface area contributed by atoms with Crippen LogP contribution in [0.3, 0.4) is 0 Å². The number of ether oxygens (including phenoxy) is 2. The number of rotatable bonds is 11. The molecule has 1 atom stereocenters. The third-order valence-electron chi connectivity index (χ3n) is 8.54. The van der Waals surface area contributed by atoms with E-state index in [1.54, 1.807) is 13.3 Å². The minimum Gasteiger partial charge on any atom is -0.497 e. The summed E-state index contributed by atoms with van der Waals surface area (Å²) in [5.74, 6) is 2.73. The normalized spacial score (nSPS) is 14.3. The number of aliphatic hydroxyl groups is 1. The number of aliphatic hydroxyl groups excluding tert-OH is 1. The van der Waals surface area contributed by atoms with Crippen molar-refractivity contribution in [3.63, 3.8) is 0 Å². The van der Waals surface area contributed by atoms with Crippen molar-refractivity contribution in [3.05, 3.63) is 108 Å². The second kappa shape index (κ2) is 14.8. The monoisotopic (exact) mass is 673 g/mol. The number of amides is 2. The lowest BCUT2D eigenvalue weighted by Gasteiger charge is -2.20. The molecule has 0 radical (unpaired) electrons. The molecule has 0 saturated heterocycles. The average Bonchev–Trinajstić information content (AvgIpc) is 3.50. The maximum atomic E-state index is 13.6. The zero-order valence-electron chi connectivity index (χ0n) is 29.0. The fourth-order valence-corrected chi connectivity index (χ4v) is 6.08. The predicted octanol–water partition coefficient (Wildman–Crippen LogP) is 7.64. The van der Waals surface area contributed by atoms with E-state index in [1.807, 2.05) is 73.0 Å². The molecule has 1 aliphatic heterocycles. The lowest BCUT2D eigenvalue weighted by molar-refractivity contribution is 0.262. The minimum absolute atomic E-state index is 0.123. The molecule has 1 aliphatic rings. The van der Waals surface area contributed by atoms with Gasteiger partial charge >= 0.3 is 6.03 Å². The van der Waals surface area contributed by atoms with Gasteiger partial charge in [-0.25, -0.2) is 9.78 Å². The summed E-state index contributed by atoms with van der Waals surface area (Å²) < 4.78 is 13.8. The molecule has 258 valence electrons. The number of anilines is 3. The van der Waals surface area contributed by atoms with Crippen molar-refractivity contribution in [2.24, 2.45) is 4.99 Å². The molecule has 50 heavy (non-hydrogen) atoms. The Morgan fingerprint density at radius 3 is 2.46 bits per heavy atom. The fourth-order valence-electron chi connectivity index (χ4n) is 6.08. The van der Waals surface area contributed by atoms with Crippen molar-refractivity contribution >= 4 is 40.3 Å². The Balaban J connectivity index is 1.19. The molecule has 5 aromatic rings. The summed E-state index contributed by atoms with van der Waals surface area (Å²) in [7, 11) is 1.65. The number of urea groups is 1. The smallest absolute Gasteiger partial charge is 0.324 e. The van der Waals surface area contributed by atoms with Crippen LogP contribution in [0.2, 0.25) is 0 Å². The van der Waals surface area contributed by atoms with Crippen molar-refractivity contribution < 1.29 is 19.4 Å². The number of aliphatic imine (C=N–C) groups is 1. The summed E-state index contributed by atoms with van der Waals surface area (Å²) in [6.45, 7) is 8.89. The number of nitrogens with one attached hydrogen (secondary N) is 3. The molecule has 6 rings (SSSR count). The summed E-state index contributed by atoms with van der Waals surface area (Å²) in [4.78, 5) is 26.6. The van der Waals surface area contributed by atoms with Gasteiger partial charge in [0.15, 0.2) is 0 Å². The number of hydrogen-bond acceptors (Lipinski definition) is 8. The number of carbonyl (C=O) groups excluding carboxylic acids is 1. The molecule has 0 saturated carbocycles. The average molecular weight is 674 g/mol. The molecule has 0 aliphatic carbocycles. The van der Waals surface area contributed by atoms with Gasteiger partial charge in [0, 0.05) is 34.8 Å². The van der Waals surface area contributed by atoms with Crippen LogP contribution in [0.25, 0.3) is 16.5 Å². The Bertz CT molecular complexity index is 2030. The number of benzene rings is 3. The van der Waals surface area contributed by atoms with Crippen molar-refractivity contribution in [3.8, 4) is 17.2 Å². The van der Waals surface area contributed by atoms with Gasteiger partial charge in [0.1, 0.15) is 35.9 Å². The Labute approximate surface area is 292 Å². The van der Waals surface area contributed by atoms with E-state index in [4.69, 9.17) is 9.47 Å². The number of aromatic nitrogens is 3. The predicted molar refractivity (Wildman–Crippen MR) is 199 cm³/mol. The molecule has 11 nitrogen and oxygen atoms in total. The largest absolute Gasteiger partial charge is 0.497 e. The van der Waals surface area contributed by atoms with Gasteiger partial charge < -0.3 is 25.2 Å². The third kappa shape index (κ3) is 7.63. The van der Waals surface area contributed by atoms with Gasteiger partial charge in [0.25, 0.3) is 0 Å². The van der Waals surface area contributed by atoms with Crippen LogP contribution in [-0.2, 0) is 18.4 Å². The van der Waals surface area contributed by atoms with Crippen molar-refractivity contribution in [1.29, 1.82) is 0 Å². The molecule has 2 aromatic heterocycles. The molecular formula is C39H43N7O4. The number of dihydropyridines is 1. The molecule has 11 heteroatoms. The van der Waals surface area contributed by atoms with Gasteiger partial charge in [-0.3, -0.25) is 19.9 Å². The first-order valence-electron chi connectivity index (χ1n) is 16.7. The number of carbonyl (C=O) groups is 1. The van der Waals surface area contributed by atoms with Crippen LogP contribution in [0.1, 0.15) is 51.1 Å². The Morgan fingerprint density at radius 1 is 1.00 bits per heavy atom. The molecule has 0 fully saturated rings. The lowest BCUT2D eigenvalue weighted by Crippen LogP contribution is -2.21. The Kier molecular flexibility index (Phi) is 10.1. The maximum absolute atomic E-state index is 13.6. The molecule has 3 aromatic carbocycles. The van der Waals surface area contributed by atoms with E-state index in [-0.39, 0.29) is 24.2 Å². The highest BCUT2D eigenvalue weighted by molar-refractivity contribution is 6.07. The van der Waals surface area contributed by atoms with Crippen LogP contribution in [-0.4, -0.2) is 51.8 Å². The molecular weight excluding hydrogens is 630 g/mol. The van der Waals surface area contributed by atoms with Gasteiger partial charge in [0.05, 0.1) is 37.5 Å². The molecule has 4 N–H and O–H groups in total. The second-order valence-corrected chi connectivity index (χ2v) is 13.1. The lowest BCUT2D eigenvalue weighted by atomic mass is 9.86. The maximum Gasteiger partial charge on any atom is 0.324 e. The van der Waals surface area contributed by atoms with Crippen LogP contribution < -0.4 is 25.4 Å². The van der Waals surface area contributed by atoms with E-state index in [1.165, 1.54) is 11.8 Å². The van der Waals surface area contributed by atoms with Gasteiger partial charge in [0.2, 0.25) is 0 Å². The summed E-state index contributed by atoms with van der Waals surface area (Å²) in [6.07, 6.45) is 8.13. The molecule has 1 unspecified atom stereocenters. The summed E-state index contributed by atoms with van der Waals surface area (Å²) >= 11 is 0. The Morgan fingerprint density at radius 2 is 1.78 bits per heavy atom. The summed E-state index contributed by atoms with van der Waals surface area (Å²) in [5, 5.41) is 20.4. The topological polar surface area (TPSA) is 135 Å². The van der Waals surface area contributed by atoms with E-state index in [9.17, 15) is 9.90 Å². The summed E-state index contributed by atoms with van der Waals surface area (Å²) in [5.41, 5.74) is 5.35. The van der Waals surface area contributed by atoms with Gasteiger partial charge in [-0.15, -0.1) is 0 Å². The van der Waals surface area contributed by atoms with E-state index < -0.39 is 0 Å². The molecule has 3 heterocycles. The van der Waals surface area contributed by atoms with Gasteiger partial charge in [-0.05, 0) is 71.5 Å². The SMILES string of the molecule is CCc1c(C(C)(C)C)cc(NC(=O)Nc2ccc(OCC3=CC(Nc4cnc(CO)cn4)N=CC3)c3ccccc23)n1-c1ccc(OC)cc1. The minimum atomic E-state index is -0.347. The number of nitrogens with zero attached hydrogens (tertiary/aromatic N) is 4. The number of methoxy groups -OCH3 is 1. The highest BCUT2D eigenvalue weighted by Gasteiger charge is 2.25. The van der Waals surface area contributed by atoms with Crippen molar-refractivity contribution in [2.75, 3.05) is 29.7 Å². The highest BCUT2D eigenvalue weighted by Crippen LogP contribution is 2.36. The molecule has 0 spiro atoms. The van der Waals surface area contributed by atoms with Crippen LogP contribution in [0, 0.1) is 0 Å². The number of hydrogen-bond donors (Lipinski definition) is 4. The highest BCUT2D eigenvalue weighted by atomic mass is 16.5. The quantitative estimate of drug-likeness (QED) is 0.106. The first-order chi connectivity index (χ1) is 24.2. The van der Waals surface area contributed by atoms with Crippen LogP contribution >= 0.6 is 0 Å². The first kappa shape index (κ1) is 34.2. The second-order valence-electron chi connectivity index (χ2n) is 13.1.